The van der Waals surface area contributed by atoms with Gasteiger partial charge in [-0.05, 0) is 65.1 Å². The minimum absolute atomic E-state index is 0. The summed E-state index contributed by atoms with van der Waals surface area (Å²) < 4.78 is 19.3. The molecule has 2 saturated heterocycles. The van der Waals surface area contributed by atoms with Gasteiger partial charge in [-0.15, -0.1) is 24.0 Å². The van der Waals surface area contributed by atoms with Gasteiger partial charge in [0.25, 0.3) is 0 Å². The molecule has 0 radical (unpaired) electrons. The Morgan fingerprint density at radius 3 is 2.52 bits per heavy atom. The van der Waals surface area contributed by atoms with E-state index < -0.39 is 5.60 Å². The molecule has 1 atom stereocenters. The van der Waals surface area contributed by atoms with Gasteiger partial charge in [-0.25, -0.2) is 9.18 Å². The number of halogens is 2. The molecule has 0 bridgehead atoms. The van der Waals surface area contributed by atoms with Crippen molar-refractivity contribution in [1.29, 1.82) is 0 Å². The number of carbonyl (C=O) groups excluding carboxylic acids is 1. The molecule has 0 spiro atoms. The van der Waals surface area contributed by atoms with Crippen LogP contribution >= 0.6 is 24.0 Å². The molecule has 1 aromatic carbocycles. The lowest BCUT2D eigenvalue weighted by molar-refractivity contribution is 0.0507. The Morgan fingerprint density at radius 2 is 1.88 bits per heavy atom. The van der Waals surface area contributed by atoms with Crippen LogP contribution < -0.4 is 10.6 Å². The van der Waals surface area contributed by atoms with Crippen LogP contribution in [0.1, 0.15) is 45.6 Å². The number of nitrogens with one attached hydrogen (secondary N) is 2. The van der Waals surface area contributed by atoms with Crippen LogP contribution in [0.3, 0.4) is 0 Å². The molecule has 33 heavy (non-hydrogen) atoms. The summed E-state index contributed by atoms with van der Waals surface area (Å²) in [5.74, 6) is 1.33. The molecule has 7 nitrogen and oxygen atoms in total. The highest BCUT2D eigenvalue weighted by atomic mass is 127. The summed E-state index contributed by atoms with van der Waals surface area (Å²) >= 11 is 0. The highest BCUT2D eigenvalue weighted by Crippen LogP contribution is 2.20. The van der Waals surface area contributed by atoms with E-state index in [-0.39, 0.29) is 41.9 Å². The van der Waals surface area contributed by atoms with Crippen LogP contribution in [0.15, 0.2) is 29.3 Å². The molecule has 2 fully saturated rings. The smallest absolute Gasteiger partial charge is 0.407 e. The van der Waals surface area contributed by atoms with Crippen molar-refractivity contribution in [2.75, 3.05) is 39.8 Å². The first kappa shape index (κ1) is 27.6. The van der Waals surface area contributed by atoms with Crippen molar-refractivity contribution >= 4 is 36.0 Å². The molecule has 2 aliphatic heterocycles. The van der Waals surface area contributed by atoms with Crippen molar-refractivity contribution < 1.29 is 13.9 Å². The SMILES string of the molecule is CN=C(NCC1CCN(Cc2ccccc2F)CC1)N1CCC(NC(=O)OC(C)(C)C)C1.I. The number of nitrogens with zero attached hydrogens (tertiary/aromatic N) is 3. The van der Waals surface area contributed by atoms with Crippen LogP contribution in [-0.4, -0.2) is 73.3 Å². The molecule has 9 heteroatoms. The Labute approximate surface area is 214 Å². The first-order chi connectivity index (χ1) is 15.2. The average molecular weight is 576 g/mol. The van der Waals surface area contributed by atoms with Gasteiger partial charge < -0.3 is 20.3 Å². The van der Waals surface area contributed by atoms with Crippen LogP contribution in [0.25, 0.3) is 0 Å². The summed E-state index contributed by atoms with van der Waals surface area (Å²) in [5, 5.41) is 6.48. The van der Waals surface area contributed by atoms with Crippen molar-refractivity contribution in [3.05, 3.63) is 35.6 Å². The highest BCUT2D eigenvalue weighted by Gasteiger charge is 2.28. The normalized spacial score (nSPS) is 20.3. The maximum absolute atomic E-state index is 13.9. The quantitative estimate of drug-likeness (QED) is 0.318. The third-order valence-electron chi connectivity index (χ3n) is 6.03. The summed E-state index contributed by atoms with van der Waals surface area (Å²) in [5.41, 5.74) is 0.276. The van der Waals surface area contributed by atoms with Gasteiger partial charge in [0, 0.05) is 38.8 Å². The summed E-state index contributed by atoms with van der Waals surface area (Å²) in [6.45, 7) is 10.7. The van der Waals surface area contributed by atoms with Gasteiger partial charge >= 0.3 is 6.09 Å². The third kappa shape index (κ3) is 8.92. The molecular formula is C24H39FIN5O2. The van der Waals surface area contributed by atoms with Gasteiger partial charge in [0.1, 0.15) is 11.4 Å². The van der Waals surface area contributed by atoms with Gasteiger partial charge in [-0.2, -0.15) is 0 Å². The second-order valence-electron chi connectivity index (χ2n) is 9.82. The van der Waals surface area contributed by atoms with Crippen molar-refractivity contribution in [1.82, 2.24) is 20.4 Å². The third-order valence-corrected chi connectivity index (χ3v) is 6.03. The molecule has 1 amide bonds. The van der Waals surface area contributed by atoms with E-state index in [1.165, 1.54) is 6.07 Å². The summed E-state index contributed by atoms with van der Waals surface area (Å²) in [6, 6.07) is 7.09. The van der Waals surface area contributed by atoms with Crippen LogP contribution in [0, 0.1) is 11.7 Å². The highest BCUT2D eigenvalue weighted by molar-refractivity contribution is 14.0. The minimum Gasteiger partial charge on any atom is -0.444 e. The molecule has 0 aromatic heterocycles. The predicted octanol–water partition coefficient (Wildman–Crippen LogP) is 3.83. The number of carbonyl (C=O) groups is 1. The first-order valence-corrected chi connectivity index (χ1v) is 11.6. The number of guanidine groups is 1. The maximum atomic E-state index is 13.9. The monoisotopic (exact) mass is 575 g/mol. The average Bonchev–Trinajstić information content (AvgIpc) is 3.18. The molecule has 0 aliphatic carbocycles. The lowest BCUT2D eigenvalue weighted by Gasteiger charge is -2.33. The van der Waals surface area contributed by atoms with Crippen LogP contribution in [0.4, 0.5) is 9.18 Å². The minimum atomic E-state index is -0.495. The molecule has 2 aliphatic rings. The van der Waals surface area contributed by atoms with Crippen LogP contribution in [0.2, 0.25) is 0 Å². The van der Waals surface area contributed by atoms with Crippen molar-refractivity contribution in [3.8, 4) is 0 Å². The van der Waals surface area contributed by atoms with E-state index >= 15 is 0 Å². The Morgan fingerprint density at radius 1 is 1.18 bits per heavy atom. The van der Waals surface area contributed by atoms with Gasteiger partial charge in [-0.3, -0.25) is 9.89 Å². The maximum Gasteiger partial charge on any atom is 0.407 e. The van der Waals surface area contributed by atoms with E-state index in [1.807, 2.05) is 32.9 Å². The van der Waals surface area contributed by atoms with E-state index in [0.29, 0.717) is 12.5 Å². The van der Waals surface area contributed by atoms with E-state index in [0.717, 1.165) is 63.5 Å². The van der Waals surface area contributed by atoms with Crippen LogP contribution in [-0.2, 0) is 11.3 Å². The number of amides is 1. The number of hydrogen-bond acceptors (Lipinski definition) is 4. The van der Waals surface area contributed by atoms with Crippen molar-refractivity contribution in [3.63, 3.8) is 0 Å². The number of benzene rings is 1. The van der Waals surface area contributed by atoms with Gasteiger partial charge in [0.15, 0.2) is 5.96 Å². The number of alkyl carbamates (subject to hydrolysis) is 1. The van der Waals surface area contributed by atoms with E-state index in [4.69, 9.17) is 4.74 Å². The van der Waals surface area contributed by atoms with Crippen molar-refractivity contribution in [2.24, 2.45) is 10.9 Å². The summed E-state index contributed by atoms with van der Waals surface area (Å²) in [6.07, 6.45) is 2.67. The predicted molar refractivity (Wildman–Crippen MR) is 141 cm³/mol. The summed E-state index contributed by atoms with van der Waals surface area (Å²) in [7, 11) is 1.80. The van der Waals surface area contributed by atoms with Gasteiger partial charge in [-0.1, -0.05) is 18.2 Å². The zero-order valence-corrected chi connectivity index (χ0v) is 22.6. The van der Waals surface area contributed by atoms with Gasteiger partial charge in [0.05, 0.1) is 6.04 Å². The zero-order chi connectivity index (χ0) is 23.1. The number of likely N-dealkylation sites (tertiary alicyclic amines) is 2. The van der Waals surface area contributed by atoms with E-state index in [1.54, 1.807) is 13.1 Å². The Kier molecular flexibility index (Phi) is 10.7. The number of ether oxygens (including phenoxy) is 1. The zero-order valence-electron chi connectivity index (χ0n) is 20.3. The fraction of sp³-hybridized carbons (Fsp3) is 0.667. The Bertz CT molecular complexity index is 793. The lowest BCUT2D eigenvalue weighted by Crippen LogP contribution is -2.46. The first-order valence-electron chi connectivity index (χ1n) is 11.6. The van der Waals surface area contributed by atoms with Gasteiger partial charge in [0.2, 0.25) is 0 Å². The Balaban J connectivity index is 0.00000385. The molecule has 2 N–H and O–H groups in total. The number of aliphatic imine (C=N–C) groups is 1. The topological polar surface area (TPSA) is 69.2 Å². The molecule has 3 rings (SSSR count). The second kappa shape index (κ2) is 12.7. The van der Waals surface area contributed by atoms with Crippen LogP contribution in [0.5, 0.6) is 0 Å². The molecule has 186 valence electrons. The molecule has 1 unspecified atom stereocenters. The Hall–Kier alpha value is -1.62. The summed E-state index contributed by atoms with van der Waals surface area (Å²) in [4.78, 5) is 21.0. The number of piperidine rings is 1. The largest absolute Gasteiger partial charge is 0.444 e. The standard InChI is InChI=1S/C24H38FN5O2.HI/c1-24(2,3)32-23(31)28-20-11-14-30(17-20)22(26-4)27-15-18-9-12-29(13-10-18)16-19-7-5-6-8-21(19)25;/h5-8,18,20H,9-17H2,1-4H3,(H,26,27)(H,28,31);1H. The molecular weight excluding hydrogens is 536 g/mol. The lowest BCUT2D eigenvalue weighted by atomic mass is 9.96. The molecule has 1 aromatic rings. The van der Waals surface area contributed by atoms with Crippen molar-refractivity contribution in [2.45, 2.75) is 58.2 Å². The number of hydrogen-bond donors (Lipinski definition) is 2. The molecule has 2 heterocycles. The second-order valence-corrected chi connectivity index (χ2v) is 9.82. The number of rotatable bonds is 5. The van der Waals surface area contributed by atoms with E-state index in [2.05, 4.69) is 25.4 Å². The molecule has 0 saturated carbocycles. The fourth-order valence-electron chi connectivity index (χ4n) is 4.33. The van der Waals surface area contributed by atoms with E-state index in [9.17, 15) is 9.18 Å². The fourth-order valence-corrected chi connectivity index (χ4v) is 4.33.